The molecule has 0 aromatic carbocycles. The lowest BCUT2D eigenvalue weighted by Crippen LogP contribution is -2.34. The number of hydrogen-bond donors (Lipinski definition) is 1. The summed E-state index contributed by atoms with van der Waals surface area (Å²) in [5, 5.41) is 3.32. The van der Waals surface area contributed by atoms with Gasteiger partial charge in [0.1, 0.15) is 23.8 Å². The lowest BCUT2D eigenvalue weighted by Gasteiger charge is -2.32. The Bertz CT molecular complexity index is 929. The van der Waals surface area contributed by atoms with Crippen molar-refractivity contribution in [1.29, 1.82) is 0 Å². The highest BCUT2D eigenvalue weighted by Gasteiger charge is 2.23. The first-order valence-electron chi connectivity index (χ1n) is 9.67. The topological polar surface area (TPSA) is 79.7 Å². The lowest BCUT2D eigenvalue weighted by molar-refractivity contribution is 0.198. The second-order valence-corrected chi connectivity index (χ2v) is 7.39. The third-order valence-corrected chi connectivity index (χ3v) is 4.97. The number of nitrogens with zero attached hydrogens (tertiary/aromatic N) is 6. The van der Waals surface area contributed by atoms with E-state index in [0.717, 1.165) is 66.8 Å². The van der Waals surface area contributed by atoms with Crippen LogP contribution in [0.5, 0.6) is 0 Å². The van der Waals surface area contributed by atoms with Crippen LogP contribution in [0.25, 0.3) is 0 Å². The van der Waals surface area contributed by atoms with E-state index in [-0.39, 0.29) is 0 Å². The Morgan fingerprint density at radius 1 is 1.11 bits per heavy atom. The molecule has 0 spiro atoms. The van der Waals surface area contributed by atoms with Gasteiger partial charge in [-0.05, 0) is 50.9 Å². The summed E-state index contributed by atoms with van der Waals surface area (Å²) in [5.41, 5.74) is 3.41. The van der Waals surface area contributed by atoms with Crippen molar-refractivity contribution in [3.8, 4) is 0 Å². The fourth-order valence-corrected chi connectivity index (χ4v) is 3.71. The van der Waals surface area contributed by atoms with E-state index in [1.54, 1.807) is 12.5 Å². The predicted molar refractivity (Wildman–Crippen MR) is 108 cm³/mol. The summed E-state index contributed by atoms with van der Waals surface area (Å²) in [4.78, 5) is 24.4. The van der Waals surface area contributed by atoms with E-state index in [9.17, 15) is 0 Å². The largest absolute Gasteiger partial charge is 0.325 e. The predicted octanol–water partition coefficient (Wildman–Crippen LogP) is 3.40. The van der Waals surface area contributed by atoms with Crippen molar-refractivity contribution in [2.45, 2.75) is 39.2 Å². The molecule has 7 nitrogen and oxygen atoms in total. The summed E-state index contributed by atoms with van der Waals surface area (Å²) in [7, 11) is 0. The van der Waals surface area contributed by atoms with Crippen LogP contribution >= 0.6 is 0 Å². The van der Waals surface area contributed by atoms with Gasteiger partial charge in [-0.1, -0.05) is 0 Å². The molecule has 28 heavy (non-hydrogen) atoms. The highest BCUT2D eigenvalue weighted by atomic mass is 15.1. The summed E-state index contributed by atoms with van der Waals surface area (Å²) in [6.45, 7) is 6.94. The molecule has 1 aliphatic rings. The van der Waals surface area contributed by atoms with Crippen molar-refractivity contribution in [1.82, 2.24) is 29.8 Å². The first kappa shape index (κ1) is 18.4. The fourth-order valence-electron chi connectivity index (χ4n) is 3.71. The SMILES string of the molecule is Cc1ccnc(Nc2cc(C3CCCN(Cc4cncnc4)C3)nc(C)n2)c1. The molecular formula is C21H25N7. The first-order valence-corrected chi connectivity index (χ1v) is 9.67. The highest BCUT2D eigenvalue weighted by Crippen LogP contribution is 2.28. The Labute approximate surface area is 165 Å². The van der Waals surface area contributed by atoms with Gasteiger partial charge in [-0.2, -0.15) is 0 Å². The zero-order valence-electron chi connectivity index (χ0n) is 16.3. The van der Waals surface area contributed by atoms with Crippen molar-refractivity contribution in [3.63, 3.8) is 0 Å². The Kier molecular flexibility index (Phi) is 5.53. The van der Waals surface area contributed by atoms with Gasteiger partial charge in [0.05, 0.1) is 5.69 Å². The van der Waals surface area contributed by atoms with Crippen molar-refractivity contribution in [3.05, 3.63) is 65.8 Å². The molecule has 3 aromatic rings. The minimum Gasteiger partial charge on any atom is -0.325 e. The van der Waals surface area contributed by atoms with Gasteiger partial charge in [-0.3, -0.25) is 4.90 Å². The molecule has 0 radical (unpaired) electrons. The normalized spacial score (nSPS) is 17.4. The van der Waals surface area contributed by atoms with Gasteiger partial charge in [0.2, 0.25) is 0 Å². The molecule has 0 amide bonds. The molecule has 0 bridgehead atoms. The van der Waals surface area contributed by atoms with Crippen LogP contribution in [0.1, 0.15) is 41.4 Å². The van der Waals surface area contributed by atoms with E-state index < -0.39 is 0 Å². The van der Waals surface area contributed by atoms with Crippen LogP contribution in [0.4, 0.5) is 11.6 Å². The molecule has 0 saturated carbocycles. The van der Waals surface area contributed by atoms with Gasteiger partial charge in [-0.25, -0.2) is 24.9 Å². The van der Waals surface area contributed by atoms with Crippen LogP contribution in [0, 0.1) is 13.8 Å². The maximum absolute atomic E-state index is 4.74. The number of anilines is 2. The Balaban J connectivity index is 1.49. The zero-order chi connectivity index (χ0) is 19.3. The van der Waals surface area contributed by atoms with Crippen molar-refractivity contribution in [2.24, 2.45) is 0 Å². The highest BCUT2D eigenvalue weighted by molar-refractivity contribution is 5.52. The molecule has 3 aromatic heterocycles. The number of rotatable bonds is 5. The summed E-state index contributed by atoms with van der Waals surface area (Å²) in [6.07, 6.45) is 9.46. The monoisotopic (exact) mass is 375 g/mol. The van der Waals surface area contributed by atoms with Crippen LogP contribution in [-0.4, -0.2) is 42.9 Å². The molecule has 1 fully saturated rings. The van der Waals surface area contributed by atoms with Gasteiger partial charge in [0.25, 0.3) is 0 Å². The van der Waals surface area contributed by atoms with Gasteiger partial charge >= 0.3 is 0 Å². The summed E-state index contributed by atoms with van der Waals surface area (Å²) in [5.74, 6) is 2.78. The Morgan fingerprint density at radius 2 is 1.96 bits per heavy atom. The summed E-state index contributed by atoms with van der Waals surface area (Å²) >= 11 is 0. The third kappa shape index (κ3) is 4.67. The second kappa shape index (κ2) is 8.39. The lowest BCUT2D eigenvalue weighted by atomic mass is 9.94. The average molecular weight is 375 g/mol. The molecule has 1 aliphatic heterocycles. The van der Waals surface area contributed by atoms with E-state index >= 15 is 0 Å². The number of aryl methyl sites for hydroxylation is 2. The Hall–Kier alpha value is -2.93. The number of nitrogens with one attached hydrogen (secondary N) is 1. The van der Waals surface area contributed by atoms with Crippen molar-refractivity contribution >= 4 is 11.6 Å². The number of aromatic nitrogens is 5. The van der Waals surface area contributed by atoms with Crippen molar-refractivity contribution in [2.75, 3.05) is 18.4 Å². The molecule has 7 heteroatoms. The molecule has 4 heterocycles. The Morgan fingerprint density at radius 3 is 2.79 bits per heavy atom. The molecule has 0 aliphatic carbocycles. The van der Waals surface area contributed by atoms with E-state index in [0.29, 0.717) is 5.92 Å². The fraction of sp³-hybridized carbons (Fsp3) is 0.381. The summed E-state index contributed by atoms with van der Waals surface area (Å²) < 4.78 is 0. The molecule has 1 unspecified atom stereocenters. The van der Waals surface area contributed by atoms with Crippen LogP contribution in [0.3, 0.4) is 0 Å². The zero-order valence-corrected chi connectivity index (χ0v) is 16.3. The van der Waals surface area contributed by atoms with Crippen LogP contribution in [-0.2, 0) is 6.54 Å². The minimum absolute atomic E-state index is 0.395. The maximum atomic E-state index is 4.74. The van der Waals surface area contributed by atoms with Gasteiger partial charge in [0, 0.05) is 49.2 Å². The number of likely N-dealkylation sites (tertiary alicyclic amines) is 1. The molecule has 1 atom stereocenters. The minimum atomic E-state index is 0.395. The van der Waals surface area contributed by atoms with E-state index in [1.807, 2.05) is 31.5 Å². The average Bonchev–Trinajstić information content (AvgIpc) is 2.69. The quantitative estimate of drug-likeness (QED) is 0.732. The number of pyridine rings is 1. The maximum Gasteiger partial charge on any atom is 0.135 e. The molecule has 144 valence electrons. The van der Waals surface area contributed by atoms with Gasteiger partial charge in [-0.15, -0.1) is 0 Å². The van der Waals surface area contributed by atoms with E-state index in [1.165, 1.54) is 0 Å². The first-order chi connectivity index (χ1) is 13.7. The molecule has 4 rings (SSSR count). The van der Waals surface area contributed by atoms with Crippen LogP contribution in [0.15, 0.2) is 43.1 Å². The van der Waals surface area contributed by atoms with Crippen LogP contribution < -0.4 is 5.32 Å². The van der Waals surface area contributed by atoms with E-state index in [2.05, 4.69) is 43.1 Å². The van der Waals surface area contributed by atoms with Crippen molar-refractivity contribution < 1.29 is 0 Å². The summed E-state index contributed by atoms with van der Waals surface area (Å²) in [6, 6.07) is 6.06. The van der Waals surface area contributed by atoms with Gasteiger partial charge < -0.3 is 5.32 Å². The van der Waals surface area contributed by atoms with E-state index in [4.69, 9.17) is 4.98 Å². The number of piperidine rings is 1. The van der Waals surface area contributed by atoms with Crippen LogP contribution in [0.2, 0.25) is 0 Å². The smallest absolute Gasteiger partial charge is 0.135 e. The molecule has 1 saturated heterocycles. The second-order valence-electron chi connectivity index (χ2n) is 7.39. The number of hydrogen-bond acceptors (Lipinski definition) is 7. The molecular weight excluding hydrogens is 350 g/mol. The van der Waals surface area contributed by atoms with Gasteiger partial charge in [0.15, 0.2) is 0 Å². The standard InChI is InChI=1S/C21H25N7/c1-15-5-6-24-20(8-15)27-21-9-19(25-16(2)26-21)18-4-3-7-28(13-18)12-17-10-22-14-23-11-17/h5-6,8-11,14,18H,3-4,7,12-13H2,1-2H3,(H,24,25,26,27). The third-order valence-electron chi connectivity index (χ3n) is 4.97. The molecule has 1 N–H and O–H groups in total.